The number of nitrogens with two attached hydrogens (primary N) is 1. The van der Waals surface area contributed by atoms with E-state index in [1.54, 1.807) is 29.5 Å². The highest BCUT2D eigenvalue weighted by atomic mass is 35.5. The topological polar surface area (TPSA) is 46.2 Å². The molecule has 2 rings (SSSR count). The van der Waals surface area contributed by atoms with E-state index in [0.29, 0.717) is 16.3 Å². The van der Waals surface area contributed by atoms with E-state index in [2.05, 4.69) is 0 Å². The van der Waals surface area contributed by atoms with Crippen LogP contribution in [0.25, 0.3) is 0 Å². The highest BCUT2D eigenvalue weighted by molar-refractivity contribution is 7.10. The van der Waals surface area contributed by atoms with Crippen LogP contribution in [0.3, 0.4) is 0 Å². The van der Waals surface area contributed by atoms with E-state index >= 15 is 0 Å². The van der Waals surface area contributed by atoms with Crippen molar-refractivity contribution in [1.29, 1.82) is 0 Å². The summed E-state index contributed by atoms with van der Waals surface area (Å²) in [4.78, 5) is 1.10. The molecule has 0 spiro atoms. The predicted molar refractivity (Wildman–Crippen MR) is 69.0 cm³/mol. The quantitative estimate of drug-likeness (QED) is 0.806. The van der Waals surface area contributed by atoms with Gasteiger partial charge in [-0.1, -0.05) is 17.7 Å². The van der Waals surface area contributed by atoms with Crippen LogP contribution in [0.1, 0.15) is 22.1 Å². The maximum absolute atomic E-state index is 10.2. The fourth-order valence-electron chi connectivity index (χ4n) is 1.64. The minimum atomic E-state index is -0.677. The maximum atomic E-state index is 10.2. The Labute approximate surface area is 103 Å². The molecule has 16 heavy (non-hydrogen) atoms. The van der Waals surface area contributed by atoms with Gasteiger partial charge in [-0.15, -0.1) is 11.3 Å². The first-order valence-electron chi connectivity index (χ1n) is 4.86. The summed E-state index contributed by atoms with van der Waals surface area (Å²) in [5.74, 6) is 0. The monoisotopic (exact) mass is 253 g/mol. The lowest BCUT2D eigenvalue weighted by Gasteiger charge is -2.13. The number of benzene rings is 1. The lowest BCUT2D eigenvalue weighted by atomic mass is 10.0. The molecule has 1 heterocycles. The van der Waals surface area contributed by atoms with Gasteiger partial charge in [-0.25, -0.2) is 0 Å². The molecular weight excluding hydrogens is 242 g/mol. The fourth-order valence-corrected chi connectivity index (χ4v) is 2.56. The van der Waals surface area contributed by atoms with Crippen molar-refractivity contribution in [1.82, 2.24) is 0 Å². The van der Waals surface area contributed by atoms with Crippen LogP contribution in [0.4, 0.5) is 5.69 Å². The highest BCUT2D eigenvalue weighted by Crippen LogP contribution is 2.32. The first-order chi connectivity index (χ1) is 7.59. The van der Waals surface area contributed by atoms with Crippen molar-refractivity contribution >= 4 is 28.6 Å². The molecule has 1 aromatic carbocycles. The summed E-state index contributed by atoms with van der Waals surface area (Å²) >= 11 is 7.43. The third-order valence-corrected chi connectivity index (χ3v) is 3.63. The molecule has 0 saturated carbocycles. The smallest absolute Gasteiger partial charge is 0.107 e. The number of thiophene rings is 1. The highest BCUT2D eigenvalue weighted by Gasteiger charge is 2.16. The number of halogens is 1. The molecule has 0 aliphatic carbocycles. The molecule has 0 aliphatic rings. The summed E-state index contributed by atoms with van der Waals surface area (Å²) in [6.45, 7) is 1.98. The average molecular weight is 254 g/mol. The Morgan fingerprint density at radius 2 is 2.06 bits per heavy atom. The van der Waals surface area contributed by atoms with Crippen LogP contribution >= 0.6 is 22.9 Å². The van der Waals surface area contributed by atoms with Gasteiger partial charge in [0.25, 0.3) is 0 Å². The molecule has 3 N–H and O–H groups in total. The van der Waals surface area contributed by atoms with Gasteiger partial charge >= 0.3 is 0 Å². The number of aliphatic hydroxyl groups is 1. The Balaban J connectivity index is 2.41. The van der Waals surface area contributed by atoms with Gasteiger partial charge in [-0.2, -0.15) is 0 Å². The van der Waals surface area contributed by atoms with Gasteiger partial charge in [0.2, 0.25) is 0 Å². The van der Waals surface area contributed by atoms with Crippen LogP contribution in [0.15, 0.2) is 29.6 Å². The second-order valence-electron chi connectivity index (χ2n) is 3.61. The Morgan fingerprint density at radius 1 is 1.31 bits per heavy atom. The molecule has 1 aromatic heterocycles. The molecule has 0 radical (unpaired) electrons. The van der Waals surface area contributed by atoms with Crippen molar-refractivity contribution in [2.24, 2.45) is 0 Å². The first-order valence-corrected chi connectivity index (χ1v) is 6.12. The summed E-state index contributed by atoms with van der Waals surface area (Å²) in [6.07, 6.45) is -0.677. The van der Waals surface area contributed by atoms with Gasteiger partial charge in [-0.3, -0.25) is 0 Å². The van der Waals surface area contributed by atoms with Crippen molar-refractivity contribution in [2.45, 2.75) is 13.0 Å². The number of rotatable bonds is 2. The molecule has 2 nitrogen and oxygen atoms in total. The zero-order chi connectivity index (χ0) is 11.7. The Kier molecular flexibility index (Phi) is 3.19. The normalized spacial score (nSPS) is 12.7. The standard InChI is InChI=1S/C12H12ClNOS/c1-7-9(4-5-16-7)12(15)10-3-2-8(13)6-11(10)14/h2-6,12,15H,14H2,1H3. The van der Waals surface area contributed by atoms with E-state index in [1.165, 1.54) is 0 Å². The van der Waals surface area contributed by atoms with Gasteiger partial charge in [0.1, 0.15) is 6.10 Å². The van der Waals surface area contributed by atoms with Crippen molar-refractivity contribution in [3.63, 3.8) is 0 Å². The minimum Gasteiger partial charge on any atom is -0.398 e. The van der Waals surface area contributed by atoms with E-state index < -0.39 is 6.10 Å². The van der Waals surface area contributed by atoms with E-state index in [4.69, 9.17) is 17.3 Å². The van der Waals surface area contributed by atoms with Crippen molar-refractivity contribution < 1.29 is 5.11 Å². The molecule has 4 heteroatoms. The number of aryl methyl sites for hydroxylation is 1. The number of hydrogen-bond donors (Lipinski definition) is 2. The molecule has 2 aromatic rings. The SMILES string of the molecule is Cc1sccc1C(O)c1ccc(Cl)cc1N. The summed E-state index contributed by atoms with van der Waals surface area (Å²) in [5, 5.41) is 12.8. The number of aliphatic hydroxyl groups excluding tert-OH is 1. The largest absolute Gasteiger partial charge is 0.398 e. The molecule has 0 amide bonds. The van der Waals surface area contributed by atoms with E-state index in [0.717, 1.165) is 10.4 Å². The molecule has 0 saturated heterocycles. The van der Waals surface area contributed by atoms with Gasteiger partial charge in [0, 0.05) is 21.2 Å². The van der Waals surface area contributed by atoms with Gasteiger partial charge < -0.3 is 10.8 Å². The Morgan fingerprint density at radius 3 is 2.62 bits per heavy atom. The lowest BCUT2D eigenvalue weighted by Crippen LogP contribution is -2.03. The first kappa shape index (κ1) is 11.5. The Hall–Kier alpha value is -1.03. The summed E-state index contributed by atoms with van der Waals surface area (Å²) in [6, 6.07) is 7.07. The lowest BCUT2D eigenvalue weighted by molar-refractivity contribution is 0.221. The summed E-state index contributed by atoms with van der Waals surface area (Å²) in [5.41, 5.74) is 7.96. The second kappa shape index (κ2) is 4.45. The third-order valence-electron chi connectivity index (χ3n) is 2.54. The van der Waals surface area contributed by atoms with E-state index in [-0.39, 0.29) is 0 Å². The molecule has 1 atom stereocenters. The average Bonchev–Trinajstić information content (AvgIpc) is 2.63. The number of hydrogen-bond acceptors (Lipinski definition) is 3. The molecular formula is C12H12ClNOS. The third kappa shape index (κ3) is 2.07. The van der Waals surface area contributed by atoms with Crippen LogP contribution in [-0.4, -0.2) is 5.11 Å². The van der Waals surface area contributed by atoms with Gasteiger partial charge in [0.15, 0.2) is 0 Å². The molecule has 0 bridgehead atoms. The summed E-state index contributed by atoms with van der Waals surface area (Å²) < 4.78 is 0. The van der Waals surface area contributed by atoms with Crippen molar-refractivity contribution in [3.05, 3.63) is 50.7 Å². The number of anilines is 1. The van der Waals surface area contributed by atoms with Crippen LogP contribution in [0.5, 0.6) is 0 Å². The molecule has 1 unspecified atom stereocenters. The molecule has 0 fully saturated rings. The summed E-state index contributed by atoms with van der Waals surface area (Å²) in [7, 11) is 0. The minimum absolute atomic E-state index is 0.519. The van der Waals surface area contributed by atoms with Crippen LogP contribution in [-0.2, 0) is 0 Å². The van der Waals surface area contributed by atoms with Crippen LogP contribution in [0.2, 0.25) is 5.02 Å². The number of nitrogen functional groups attached to an aromatic ring is 1. The van der Waals surface area contributed by atoms with Gasteiger partial charge in [-0.05, 0) is 36.1 Å². The molecule has 0 aliphatic heterocycles. The second-order valence-corrected chi connectivity index (χ2v) is 5.16. The zero-order valence-corrected chi connectivity index (χ0v) is 10.3. The van der Waals surface area contributed by atoms with Gasteiger partial charge in [0.05, 0.1) is 0 Å². The fraction of sp³-hybridized carbons (Fsp3) is 0.167. The van der Waals surface area contributed by atoms with E-state index in [9.17, 15) is 5.11 Å². The van der Waals surface area contributed by atoms with E-state index in [1.807, 2.05) is 18.4 Å². The molecule has 84 valence electrons. The zero-order valence-electron chi connectivity index (χ0n) is 8.77. The Bertz CT molecular complexity index is 509. The van der Waals surface area contributed by atoms with Crippen LogP contribution < -0.4 is 5.73 Å². The van der Waals surface area contributed by atoms with Crippen molar-refractivity contribution in [3.8, 4) is 0 Å². The predicted octanol–water partition coefficient (Wildman–Crippen LogP) is 3.37. The van der Waals surface area contributed by atoms with Crippen LogP contribution in [0, 0.1) is 6.92 Å². The maximum Gasteiger partial charge on any atom is 0.107 e. The van der Waals surface area contributed by atoms with Crippen molar-refractivity contribution in [2.75, 3.05) is 5.73 Å².